The zero-order chi connectivity index (χ0) is 9.14. The summed E-state index contributed by atoms with van der Waals surface area (Å²) in [6.45, 7) is 0.531. The number of hydrogen-bond donors (Lipinski definition) is 2. The number of rotatable bonds is 0. The molecule has 68 valence electrons. The molecule has 2 N–H and O–H groups in total. The minimum atomic E-state index is -1.21. The molecule has 0 unspecified atom stereocenters. The molecular weight excluding hydrogens is 164 g/mol. The van der Waals surface area contributed by atoms with Crippen molar-refractivity contribution in [3.8, 4) is 0 Å². The molecule has 0 aromatic heterocycles. The van der Waals surface area contributed by atoms with Crippen LogP contribution < -0.4 is 0 Å². The molecule has 1 saturated heterocycles. The van der Waals surface area contributed by atoms with Gasteiger partial charge in [0.15, 0.2) is 0 Å². The highest BCUT2D eigenvalue weighted by molar-refractivity contribution is 5.71. The van der Waals surface area contributed by atoms with Crippen molar-refractivity contribution in [2.24, 2.45) is 0 Å². The Morgan fingerprint density at radius 2 is 1.25 bits per heavy atom. The van der Waals surface area contributed by atoms with Crippen LogP contribution in [0.4, 0.5) is 9.59 Å². The third kappa shape index (κ3) is 1.58. The molecule has 1 fully saturated rings. The second kappa shape index (κ2) is 3.29. The first-order chi connectivity index (χ1) is 5.63. The maximum Gasteiger partial charge on any atom is 0.426 e. The third-order valence-electron chi connectivity index (χ3n) is 1.72. The Balaban J connectivity index is 2.67. The van der Waals surface area contributed by atoms with Crippen molar-refractivity contribution in [3.63, 3.8) is 0 Å². The minimum absolute atomic E-state index is 0.266. The number of nitrogens with zero attached hydrogens (tertiary/aromatic N) is 2. The normalized spacial score (nSPS) is 17.7. The average Bonchev–Trinajstić information content (AvgIpc) is 2.04. The van der Waals surface area contributed by atoms with E-state index in [1.54, 1.807) is 0 Å². The van der Waals surface area contributed by atoms with Crippen LogP contribution in [0, 0.1) is 0 Å². The van der Waals surface area contributed by atoms with E-state index < -0.39 is 12.2 Å². The Bertz CT molecular complexity index is 184. The van der Waals surface area contributed by atoms with Gasteiger partial charge in [-0.15, -0.1) is 0 Å². The van der Waals surface area contributed by atoms with Crippen molar-refractivity contribution < 1.29 is 19.8 Å². The largest absolute Gasteiger partial charge is 0.464 e. The average molecular weight is 174 g/mol. The van der Waals surface area contributed by atoms with Crippen LogP contribution in [-0.4, -0.2) is 45.5 Å². The van der Waals surface area contributed by atoms with Gasteiger partial charge in [0.2, 0.25) is 0 Å². The molecule has 0 saturated carbocycles. The van der Waals surface area contributed by atoms with Gasteiger partial charge < -0.3 is 10.2 Å². The SMILES string of the molecule is O=C(O)N1CCCCN1C(=O)O. The van der Waals surface area contributed by atoms with Gasteiger partial charge in [0.1, 0.15) is 0 Å². The zero-order valence-electron chi connectivity index (χ0n) is 6.43. The van der Waals surface area contributed by atoms with E-state index in [2.05, 4.69) is 0 Å². The Hall–Kier alpha value is -1.46. The molecule has 6 nitrogen and oxygen atoms in total. The first kappa shape index (κ1) is 8.63. The molecule has 1 aliphatic rings. The van der Waals surface area contributed by atoms with Crippen LogP contribution in [0.2, 0.25) is 0 Å². The molecule has 1 aliphatic heterocycles. The first-order valence-corrected chi connectivity index (χ1v) is 3.64. The predicted molar refractivity (Wildman–Crippen MR) is 38.7 cm³/mol. The standard InChI is InChI=1S/C6H10N2O4/c9-5(10)7-3-1-2-4-8(7)6(11)12/h1-4H2,(H,9,10)(H,11,12). The monoisotopic (exact) mass is 174 g/mol. The highest BCUT2D eigenvalue weighted by atomic mass is 16.4. The molecule has 0 bridgehead atoms. The molecule has 0 aromatic carbocycles. The smallest absolute Gasteiger partial charge is 0.426 e. The molecule has 2 amide bonds. The van der Waals surface area contributed by atoms with Crippen LogP contribution in [0.25, 0.3) is 0 Å². The number of hydrogen-bond acceptors (Lipinski definition) is 2. The van der Waals surface area contributed by atoms with Gasteiger partial charge in [-0.05, 0) is 12.8 Å². The molecule has 12 heavy (non-hydrogen) atoms. The van der Waals surface area contributed by atoms with Crippen LogP contribution in [0.15, 0.2) is 0 Å². The molecule has 0 aliphatic carbocycles. The number of carboxylic acid groups (broad SMARTS) is 2. The highest BCUT2D eigenvalue weighted by Crippen LogP contribution is 2.10. The molecule has 1 heterocycles. The number of hydrazine groups is 1. The van der Waals surface area contributed by atoms with Gasteiger partial charge in [-0.1, -0.05) is 0 Å². The van der Waals surface area contributed by atoms with Gasteiger partial charge in [-0.25, -0.2) is 19.6 Å². The quantitative estimate of drug-likeness (QED) is 0.565. The fourth-order valence-corrected chi connectivity index (χ4v) is 1.16. The summed E-state index contributed by atoms with van der Waals surface area (Å²) in [7, 11) is 0. The van der Waals surface area contributed by atoms with E-state index in [0.29, 0.717) is 0 Å². The maximum atomic E-state index is 10.5. The highest BCUT2D eigenvalue weighted by Gasteiger charge is 2.27. The van der Waals surface area contributed by atoms with Crippen LogP contribution in [0.1, 0.15) is 12.8 Å². The zero-order valence-corrected chi connectivity index (χ0v) is 6.43. The Morgan fingerprint density at radius 3 is 1.50 bits per heavy atom. The van der Waals surface area contributed by atoms with Gasteiger partial charge in [-0.3, -0.25) is 0 Å². The van der Waals surface area contributed by atoms with Crippen molar-refractivity contribution in [2.45, 2.75) is 12.8 Å². The lowest BCUT2D eigenvalue weighted by atomic mass is 10.2. The van der Waals surface area contributed by atoms with E-state index >= 15 is 0 Å². The van der Waals surface area contributed by atoms with E-state index in [4.69, 9.17) is 10.2 Å². The first-order valence-electron chi connectivity index (χ1n) is 3.64. The van der Waals surface area contributed by atoms with Crippen molar-refractivity contribution in [1.82, 2.24) is 10.0 Å². The van der Waals surface area contributed by atoms with Gasteiger partial charge in [0, 0.05) is 13.1 Å². The summed E-state index contributed by atoms with van der Waals surface area (Å²) in [6.07, 6.45) is -0.985. The molecule has 0 radical (unpaired) electrons. The van der Waals surface area contributed by atoms with E-state index in [9.17, 15) is 9.59 Å². The van der Waals surface area contributed by atoms with E-state index in [1.807, 2.05) is 0 Å². The lowest BCUT2D eigenvalue weighted by molar-refractivity contribution is -0.0169. The second-order valence-corrected chi connectivity index (χ2v) is 2.52. The number of carbonyl (C=O) groups is 2. The van der Waals surface area contributed by atoms with Crippen LogP contribution in [-0.2, 0) is 0 Å². The summed E-state index contributed by atoms with van der Waals surface area (Å²) < 4.78 is 0. The lowest BCUT2D eigenvalue weighted by Gasteiger charge is -2.33. The van der Waals surface area contributed by atoms with Crippen molar-refractivity contribution in [2.75, 3.05) is 13.1 Å². The van der Waals surface area contributed by atoms with E-state index in [-0.39, 0.29) is 13.1 Å². The Kier molecular flexibility index (Phi) is 2.37. The molecule has 0 aromatic rings. The summed E-state index contributed by atoms with van der Waals surface area (Å²) in [5.74, 6) is 0. The van der Waals surface area contributed by atoms with E-state index in [0.717, 1.165) is 22.9 Å². The molecule has 6 heteroatoms. The van der Waals surface area contributed by atoms with Gasteiger partial charge in [0.25, 0.3) is 0 Å². The van der Waals surface area contributed by atoms with Gasteiger partial charge >= 0.3 is 12.2 Å². The van der Waals surface area contributed by atoms with Gasteiger partial charge in [-0.2, -0.15) is 0 Å². The molecular formula is C6H10N2O4. The minimum Gasteiger partial charge on any atom is -0.464 e. The summed E-state index contributed by atoms with van der Waals surface area (Å²) in [5.41, 5.74) is 0. The van der Waals surface area contributed by atoms with E-state index in [1.165, 1.54) is 0 Å². The maximum absolute atomic E-state index is 10.5. The second-order valence-electron chi connectivity index (χ2n) is 2.52. The van der Waals surface area contributed by atoms with Gasteiger partial charge in [0.05, 0.1) is 0 Å². The van der Waals surface area contributed by atoms with Crippen LogP contribution >= 0.6 is 0 Å². The van der Waals surface area contributed by atoms with Crippen molar-refractivity contribution in [3.05, 3.63) is 0 Å². The van der Waals surface area contributed by atoms with Crippen molar-refractivity contribution >= 4 is 12.2 Å². The lowest BCUT2D eigenvalue weighted by Crippen LogP contribution is -2.52. The molecule has 0 atom stereocenters. The van der Waals surface area contributed by atoms with Crippen molar-refractivity contribution in [1.29, 1.82) is 0 Å². The predicted octanol–water partition coefficient (Wildman–Crippen LogP) is 0.655. The summed E-state index contributed by atoms with van der Waals surface area (Å²) in [5, 5.41) is 18.8. The van der Waals surface area contributed by atoms with Crippen LogP contribution in [0.3, 0.4) is 0 Å². The number of amides is 2. The Labute approximate surface area is 69.0 Å². The third-order valence-corrected chi connectivity index (χ3v) is 1.72. The summed E-state index contributed by atoms with van der Waals surface area (Å²) in [4.78, 5) is 21.0. The summed E-state index contributed by atoms with van der Waals surface area (Å²) >= 11 is 0. The fraction of sp³-hybridized carbons (Fsp3) is 0.667. The fourth-order valence-electron chi connectivity index (χ4n) is 1.16. The Morgan fingerprint density at radius 1 is 0.917 bits per heavy atom. The van der Waals surface area contributed by atoms with Crippen LogP contribution in [0.5, 0.6) is 0 Å². The molecule has 1 rings (SSSR count). The summed E-state index contributed by atoms with van der Waals surface area (Å²) in [6, 6.07) is 0. The topological polar surface area (TPSA) is 81.1 Å². The molecule has 0 spiro atoms.